The number of fused-ring (bicyclic) bond motifs is 2. The lowest BCUT2D eigenvalue weighted by Crippen LogP contribution is -2.53. The highest BCUT2D eigenvalue weighted by Gasteiger charge is 2.30. The summed E-state index contributed by atoms with van der Waals surface area (Å²) in [4.78, 5) is 11.1. The Bertz CT molecular complexity index is 881. The van der Waals surface area contributed by atoms with Crippen LogP contribution < -0.4 is 5.32 Å². The van der Waals surface area contributed by atoms with Crippen LogP contribution >= 0.6 is 11.3 Å². The van der Waals surface area contributed by atoms with E-state index in [4.69, 9.17) is 9.73 Å². The molecular weight excluding hydrogens is 375 g/mol. The van der Waals surface area contributed by atoms with Crippen LogP contribution in [0, 0.1) is 5.82 Å². The summed E-state index contributed by atoms with van der Waals surface area (Å²) in [6, 6.07) is 7.42. The molecule has 1 fully saturated rings. The molecule has 28 heavy (non-hydrogen) atoms. The van der Waals surface area contributed by atoms with E-state index in [9.17, 15) is 4.39 Å². The third-order valence-corrected chi connectivity index (χ3v) is 6.73. The highest BCUT2D eigenvalue weighted by Crippen LogP contribution is 2.40. The van der Waals surface area contributed by atoms with E-state index in [-0.39, 0.29) is 5.82 Å². The topological polar surface area (TPSA) is 40.1 Å². The van der Waals surface area contributed by atoms with Gasteiger partial charge in [0.25, 0.3) is 0 Å². The average Bonchev–Trinajstić information content (AvgIpc) is 3.03. The lowest BCUT2D eigenvalue weighted by molar-refractivity contribution is 0.100. The molecule has 0 radical (unpaired) electrons. The number of amidine groups is 1. The zero-order chi connectivity index (χ0) is 19.7. The quantitative estimate of drug-likeness (QED) is 0.831. The molecular formula is C21H27FN4OS. The number of benzene rings is 1. The van der Waals surface area contributed by atoms with Crippen molar-refractivity contribution in [2.24, 2.45) is 4.99 Å². The summed E-state index contributed by atoms with van der Waals surface area (Å²) in [5, 5.41) is 4.48. The highest BCUT2D eigenvalue weighted by atomic mass is 32.1. The first-order valence-corrected chi connectivity index (χ1v) is 10.6. The summed E-state index contributed by atoms with van der Waals surface area (Å²) in [6.45, 7) is 5.73. The number of likely N-dealkylation sites (N-methyl/N-ethyl adjacent to an activating group) is 1. The molecule has 1 atom stereocenters. The fraction of sp³-hybridized carbons (Fsp3) is 0.476. The van der Waals surface area contributed by atoms with E-state index < -0.39 is 0 Å². The molecule has 7 heteroatoms. The number of aryl methyl sites for hydroxylation is 1. The number of halogens is 1. The van der Waals surface area contributed by atoms with Crippen LogP contribution in [-0.2, 0) is 11.2 Å². The monoisotopic (exact) mass is 402 g/mol. The number of nitrogens with one attached hydrogen (secondary N) is 1. The molecule has 2 aliphatic heterocycles. The van der Waals surface area contributed by atoms with E-state index >= 15 is 0 Å². The lowest BCUT2D eigenvalue weighted by Gasteiger charge is -2.40. The molecule has 1 aromatic heterocycles. The summed E-state index contributed by atoms with van der Waals surface area (Å²) in [5.74, 6) is 0.734. The second-order valence-corrected chi connectivity index (χ2v) is 8.53. The lowest BCUT2D eigenvalue weighted by atomic mass is 10.1. The largest absolute Gasteiger partial charge is 0.385 e. The van der Waals surface area contributed by atoms with Gasteiger partial charge in [0.1, 0.15) is 16.7 Å². The summed E-state index contributed by atoms with van der Waals surface area (Å²) >= 11 is 1.73. The summed E-state index contributed by atoms with van der Waals surface area (Å²) in [6.07, 6.45) is 1.97. The number of methoxy groups -OCH3 is 1. The van der Waals surface area contributed by atoms with Gasteiger partial charge in [-0.1, -0.05) is 6.92 Å². The fourth-order valence-electron chi connectivity index (χ4n) is 3.82. The van der Waals surface area contributed by atoms with Crippen LogP contribution in [0.15, 0.2) is 29.3 Å². The van der Waals surface area contributed by atoms with Gasteiger partial charge in [-0.15, -0.1) is 11.3 Å². The van der Waals surface area contributed by atoms with Gasteiger partial charge in [0.2, 0.25) is 0 Å². The van der Waals surface area contributed by atoms with Crippen LogP contribution in [0.2, 0.25) is 0 Å². The summed E-state index contributed by atoms with van der Waals surface area (Å²) < 4.78 is 19.1. The Morgan fingerprint density at radius 3 is 2.96 bits per heavy atom. The van der Waals surface area contributed by atoms with Crippen molar-refractivity contribution in [2.45, 2.75) is 25.8 Å². The van der Waals surface area contributed by atoms with Crippen LogP contribution in [0.25, 0.3) is 0 Å². The molecule has 1 unspecified atom stereocenters. The van der Waals surface area contributed by atoms with Gasteiger partial charge in [-0.05, 0) is 44.2 Å². The van der Waals surface area contributed by atoms with Gasteiger partial charge in [0.05, 0.1) is 16.9 Å². The first-order valence-electron chi connectivity index (χ1n) is 9.81. The standard InChI is InChI=1S/C21H27FN4OS/c1-4-16-12-17-20(26-9-8-25(2)15(13-26)7-10-27-3)23-18-6-5-14(22)11-19(18)24-21(17)28-16/h5-6,11-12,15,24H,4,7-10,13H2,1-3H3. The van der Waals surface area contributed by atoms with Crippen molar-refractivity contribution in [1.29, 1.82) is 0 Å². The summed E-state index contributed by atoms with van der Waals surface area (Å²) in [7, 11) is 3.93. The van der Waals surface area contributed by atoms with E-state index in [1.54, 1.807) is 24.5 Å². The molecule has 1 aromatic carbocycles. The predicted octanol–water partition coefficient (Wildman–Crippen LogP) is 4.24. The molecule has 5 nitrogen and oxygen atoms in total. The number of anilines is 2. The Morgan fingerprint density at radius 2 is 2.18 bits per heavy atom. The maximum atomic E-state index is 13.8. The SMILES string of the molecule is CCc1cc2c(s1)Nc1cc(F)ccc1N=C2N1CCN(C)C(CCOC)C1. The van der Waals surface area contributed by atoms with Crippen molar-refractivity contribution in [3.63, 3.8) is 0 Å². The molecule has 0 saturated carbocycles. The van der Waals surface area contributed by atoms with Crippen LogP contribution in [0.3, 0.4) is 0 Å². The molecule has 2 aromatic rings. The van der Waals surface area contributed by atoms with E-state index in [2.05, 4.69) is 35.2 Å². The minimum absolute atomic E-state index is 0.252. The molecule has 0 bridgehead atoms. The molecule has 0 spiro atoms. The molecule has 2 aliphatic rings. The van der Waals surface area contributed by atoms with Crippen LogP contribution in [-0.4, -0.2) is 62.1 Å². The number of piperazine rings is 1. The van der Waals surface area contributed by atoms with E-state index in [1.807, 2.05) is 0 Å². The molecule has 0 aliphatic carbocycles. The van der Waals surface area contributed by atoms with Crippen molar-refractivity contribution in [1.82, 2.24) is 9.80 Å². The van der Waals surface area contributed by atoms with Gasteiger partial charge in [-0.25, -0.2) is 9.38 Å². The second-order valence-electron chi connectivity index (χ2n) is 7.39. The summed E-state index contributed by atoms with van der Waals surface area (Å²) in [5.41, 5.74) is 2.63. The Kier molecular flexibility index (Phi) is 5.66. The maximum Gasteiger partial charge on any atom is 0.139 e. The zero-order valence-electron chi connectivity index (χ0n) is 16.7. The minimum atomic E-state index is -0.252. The molecule has 0 amide bonds. The number of rotatable bonds is 4. The number of hydrogen-bond donors (Lipinski definition) is 1. The van der Waals surface area contributed by atoms with Crippen molar-refractivity contribution in [3.05, 3.63) is 40.5 Å². The van der Waals surface area contributed by atoms with Crippen molar-refractivity contribution in [2.75, 3.05) is 45.7 Å². The molecule has 1 N–H and O–H groups in total. The van der Waals surface area contributed by atoms with Crippen molar-refractivity contribution < 1.29 is 9.13 Å². The molecule has 4 rings (SSSR count). The van der Waals surface area contributed by atoms with Crippen LogP contribution in [0.4, 0.5) is 20.8 Å². The highest BCUT2D eigenvalue weighted by molar-refractivity contribution is 7.16. The number of nitrogens with zero attached hydrogens (tertiary/aromatic N) is 3. The molecule has 3 heterocycles. The second kappa shape index (κ2) is 8.19. The number of aliphatic imine (C=N–C) groups is 1. The number of thiophene rings is 1. The third-order valence-electron chi connectivity index (χ3n) is 5.54. The predicted molar refractivity (Wildman–Crippen MR) is 114 cm³/mol. The normalized spacial score (nSPS) is 19.5. The van der Waals surface area contributed by atoms with Crippen LogP contribution in [0.1, 0.15) is 23.8 Å². The van der Waals surface area contributed by atoms with Crippen molar-refractivity contribution in [3.8, 4) is 0 Å². The molecule has 150 valence electrons. The van der Waals surface area contributed by atoms with E-state index in [0.29, 0.717) is 6.04 Å². The smallest absolute Gasteiger partial charge is 0.139 e. The van der Waals surface area contributed by atoms with Gasteiger partial charge >= 0.3 is 0 Å². The Balaban J connectivity index is 1.73. The minimum Gasteiger partial charge on any atom is -0.385 e. The Hall–Kier alpha value is -1.96. The van der Waals surface area contributed by atoms with Gasteiger partial charge in [0, 0.05) is 44.3 Å². The average molecular weight is 403 g/mol. The van der Waals surface area contributed by atoms with Crippen molar-refractivity contribution >= 4 is 33.5 Å². The Morgan fingerprint density at radius 1 is 1.32 bits per heavy atom. The zero-order valence-corrected chi connectivity index (χ0v) is 17.5. The van der Waals surface area contributed by atoms with Gasteiger partial charge in [-0.2, -0.15) is 0 Å². The maximum absolute atomic E-state index is 13.8. The Labute approximate surface area is 169 Å². The van der Waals surface area contributed by atoms with Gasteiger partial charge < -0.3 is 15.0 Å². The molecule has 1 saturated heterocycles. The first-order chi connectivity index (χ1) is 13.6. The van der Waals surface area contributed by atoms with Gasteiger partial charge in [0.15, 0.2) is 0 Å². The van der Waals surface area contributed by atoms with E-state index in [1.165, 1.54) is 17.0 Å². The van der Waals surface area contributed by atoms with E-state index in [0.717, 1.165) is 66.9 Å². The van der Waals surface area contributed by atoms with Gasteiger partial charge in [-0.3, -0.25) is 4.90 Å². The first kappa shape index (κ1) is 19.4. The third kappa shape index (κ3) is 3.79. The number of ether oxygens (including phenoxy) is 1. The fourth-order valence-corrected chi connectivity index (χ4v) is 4.83. The van der Waals surface area contributed by atoms with Crippen LogP contribution in [0.5, 0.6) is 0 Å². The number of hydrogen-bond acceptors (Lipinski definition) is 6.